The number of halogens is 1. The summed E-state index contributed by atoms with van der Waals surface area (Å²) in [6, 6.07) is 14.4. The predicted octanol–water partition coefficient (Wildman–Crippen LogP) is 2.80. The van der Waals surface area contributed by atoms with Gasteiger partial charge in [0, 0.05) is 24.3 Å². The second-order valence-corrected chi connectivity index (χ2v) is 8.05. The Morgan fingerprint density at radius 3 is 2.42 bits per heavy atom. The molecule has 140 valence electrons. The van der Waals surface area contributed by atoms with Gasteiger partial charge in [-0.25, -0.2) is 8.42 Å². The quantitative estimate of drug-likeness (QED) is 0.761. The van der Waals surface area contributed by atoms with Gasteiger partial charge in [0.1, 0.15) is 0 Å². The highest BCUT2D eigenvalue weighted by molar-refractivity contribution is 7.93. The van der Waals surface area contributed by atoms with Gasteiger partial charge < -0.3 is 11.1 Å². The Balaban J connectivity index is 0.00000243. The molecule has 0 unspecified atom stereocenters. The lowest BCUT2D eigenvalue weighted by molar-refractivity contribution is -0.116. The van der Waals surface area contributed by atoms with Crippen LogP contribution >= 0.6 is 12.4 Å². The van der Waals surface area contributed by atoms with Crippen LogP contribution in [0.1, 0.15) is 18.4 Å². The summed E-state index contributed by atoms with van der Waals surface area (Å²) in [5.41, 5.74) is 8.79. The number of aryl methyl sites for hydroxylation is 1. The minimum atomic E-state index is -3.19. The highest BCUT2D eigenvalue weighted by atomic mass is 35.5. The molecule has 0 saturated carbocycles. The average molecular weight is 396 g/mol. The smallest absolute Gasteiger partial charge is 0.235 e. The molecule has 1 heterocycles. The molecule has 1 aliphatic heterocycles. The fraction of sp³-hybridized carbons (Fsp3) is 0.278. The van der Waals surface area contributed by atoms with Gasteiger partial charge in [-0.05, 0) is 48.7 Å². The number of anilines is 3. The molecule has 0 atom stereocenters. The average Bonchev–Trinajstić information content (AvgIpc) is 2.94. The second-order valence-electron chi connectivity index (χ2n) is 6.04. The van der Waals surface area contributed by atoms with Gasteiger partial charge in [0.25, 0.3) is 0 Å². The minimum Gasteiger partial charge on any atom is -0.399 e. The van der Waals surface area contributed by atoms with Crippen molar-refractivity contribution in [1.29, 1.82) is 0 Å². The first-order chi connectivity index (χ1) is 12.0. The van der Waals surface area contributed by atoms with Crippen molar-refractivity contribution in [2.45, 2.75) is 19.3 Å². The van der Waals surface area contributed by atoms with E-state index in [1.807, 2.05) is 24.3 Å². The first-order valence-electron chi connectivity index (χ1n) is 8.19. The zero-order chi connectivity index (χ0) is 17.9. The molecule has 3 N–H and O–H groups in total. The number of rotatable bonds is 5. The van der Waals surface area contributed by atoms with Crippen molar-refractivity contribution >= 4 is 45.4 Å². The minimum absolute atomic E-state index is 0. The number of sulfonamides is 1. The van der Waals surface area contributed by atoms with Crippen molar-refractivity contribution in [3.05, 3.63) is 54.1 Å². The summed E-state index contributed by atoms with van der Waals surface area (Å²) in [5.74, 6) is 0.0819. The zero-order valence-corrected chi connectivity index (χ0v) is 15.9. The van der Waals surface area contributed by atoms with Crippen LogP contribution in [0.3, 0.4) is 0 Å². The molecule has 3 rings (SSSR count). The summed E-state index contributed by atoms with van der Waals surface area (Å²) >= 11 is 0. The second kappa shape index (κ2) is 8.42. The van der Waals surface area contributed by atoms with Crippen LogP contribution in [0, 0.1) is 0 Å². The lowest BCUT2D eigenvalue weighted by Crippen LogP contribution is -2.25. The van der Waals surface area contributed by atoms with Crippen LogP contribution in [-0.2, 0) is 21.2 Å². The molecule has 2 aromatic rings. The van der Waals surface area contributed by atoms with Crippen molar-refractivity contribution in [1.82, 2.24) is 0 Å². The van der Waals surface area contributed by atoms with Crippen molar-refractivity contribution in [3.8, 4) is 0 Å². The molecular weight excluding hydrogens is 374 g/mol. The van der Waals surface area contributed by atoms with Crippen LogP contribution in [0.15, 0.2) is 48.5 Å². The van der Waals surface area contributed by atoms with Crippen LogP contribution in [0.4, 0.5) is 17.1 Å². The number of benzene rings is 2. The van der Waals surface area contributed by atoms with Crippen LogP contribution in [-0.4, -0.2) is 26.6 Å². The monoisotopic (exact) mass is 395 g/mol. The van der Waals surface area contributed by atoms with Crippen LogP contribution in [0.25, 0.3) is 0 Å². The molecule has 0 bridgehead atoms. The highest BCUT2D eigenvalue weighted by Gasteiger charge is 2.28. The van der Waals surface area contributed by atoms with Gasteiger partial charge in [-0.2, -0.15) is 0 Å². The molecular formula is C18H22ClN3O3S. The van der Waals surface area contributed by atoms with Crippen LogP contribution in [0.5, 0.6) is 0 Å². The standard InChI is InChI=1S/C18H21N3O3S.ClH/c19-17-5-2-1-4-14(17)6-11-18(22)20-15-7-9-16(10-8-15)21-12-3-13-25(21,23)24;/h1-2,4-5,7-10H,3,6,11-13,19H2,(H,20,22);1H. The molecule has 1 aliphatic rings. The molecule has 0 radical (unpaired) electrons. The fourth-order valence-corrected chi connectivity index (χ4v) is 4.44. The first-order valence-corrected chi connectivity index (χ1v) is 9.80. The number of hydrogen-bond donors (Lipinski definition) is 2. The number of nitrogen functional groups attached to an aromatic ring is 1. The number of nitrogens with one attached hydrogen (secondary N) is 1. The Kier molecular flexibility index (Phi) is 6.50. The van der Waals surface area contributed by atoms with E-state index in [1.54, 1.807) is 24.3 Å². The van der Waals surface area contributed by atoms with E-state index in [0.29, 0.717) is 42.9 Å². The van der Waals surface area contributed by atoms with Gasteiger partial charge in [-0.15, -0.1) is 12.4 Å². The topological polar surface area (TPSA) is 92.5 Å². The number of amides is 1. The van der Waals surface area contributed by atoms with Crippen molar-refractivity contribution < 1.29 is 13.2 Å². The molecule has 0 aromatic heterocycles. The Morgan fingerprint density at radius 2 is 1.81 bits per heavy atom. The maximum Gasteiger partial charge on any atom is 0.235 e. The van der Waals surface area contributed by atoms with E-state index >= 15 is 0 Å². The number of nitrogens with zero attached hydrogens (tertiary/aromatic N) is 1. The molecule has 0 aliphatic carbocycles. The summed E-state index contributed by atoms with van der Waals surface area (Å²) < 4.78 is 25.3. The summed E-state index contributed by atoms with van der Waals surface area (Å²) in [4.78, 5) is 12.1. The number of hydrogen-bond acceptors (Lipinski definition) is 4. The van der Waals surface area contributed by atoms with Gasteiger partial charge in [0.15, 0.2) is 0 Å². The maximum absolute atomic E-state index is 12.1. The van der Waals surface area contributed by atoms with E-state index in [9.17, 15) is 13.2 Å². The number of carbonyl (C=O) groups excluding carboxylic acids is 1. The molecule has 1 fully saturated rings. The van der Waals surface area contributed by atoms with Crippen LogP contribution in [0.2, 0.25) is 0 Å². The van der Waals surface area contributed by atoms with Crippen molar-refractivity contribution in [3.63, 3.8) is 0 Å². The Hall–Kier alpha value is -2.25. The number of para-hydroxylation sites is 1. The SMILES string of the molecule is Cl.Nc1ccccc1CCC(=O)Nc1ccc(N2CCCS2(=O)=O)cc1. The third kappa shape index (κ3) is 4.68. The van der Waals surface area contributed by atoms with E-state index in [2.05, 4.69) is 5.32 Å². The zero-order valence-electron chi connectivity index (χ0n) is 14.2. The summed E-state index contributed by atoms with van der Waals surface area (Å²) in [5, 5.41) is 2.82. The predicted molar refractivity (Wildman–Crippen MR) is 107 cm³/mol. The number of nitrogens with two attached hydrogens (primary N) is 1. The first kappa shape index (κ1) is 20.1. The molecule has 2 aromatic carbocycles. The lowest BCUT2D eigenvalue weighted by Gasteiger charge is -2.17. The molecule has 6 nitrogen and oxygen atoms in total. The molecule has 1 saturated heterocycles. The van der Waals surface area contributed by atoms with Gasteiger partial charge in [0.2, 0.25) is 15.9 Å². The van der Waals surface area contributed by atoms with E-state index in [-0.39, 0.29) is 24.1 Å². The molecule has 26 heavy (non-hydrogen) atoms. The molecule has 1 amide bonds. The third-order valence-electron chi connectivity index (χ3n) is 4.21. The lowest BCUT2D eigenvalue weighted by atomic mass is 10.1. The van der Waals surface area contributed by atoms with Gasteiger partial charge >= 0.3 is 0 Å². The molecule has 0 spiro atoms. The number of carbonyl (C=O) groups is 1. The largest absolute Gasteiger partial charge is 0.399 e. The van der Waals surface area contributed by atoms with Gasteiger partial charge in [-0.1, -0.05) is 18.2 Å². The van der Waals surface area contributed by atoms with E-state index in [0.717, 1.165) is 5.56 Å². The third-order valence-corrected chi connectivity index (χ3v) is 6.08. The Bertz CT molecular complexity index is 870. The Labute approximate surface area is 159 Å². The van der Waals surface area contributed by atoms with Crippen molar-refractivity contribution in [2.75, 3.05) is 27.7 Å². The van der Waals surface area contributed by atoms with Crippen molar-refractivity contribution in [2.24, 2.45) is 0 Å². The Morgan fingerprint density at radius 1 is 1.12 bits per heavy atom. The normalized spacial score (nSPS) is 15.3. The fourth-order valence-electron chi connectivity index (χ4n) is 2.87. The van der Waals surface area contributed by atoms with E-state index in [1.165, 1.54) is 4.31 Å². The van der Waals surface area contributed by atoms with E-state index in [4.69, 9.17) is 5.73 Å². The van der Waals surface area contributed by atoms with Gasteiger partial charge in [0.05, 0.1) is 11.4 Å². The summed E-state index contributed by atoms with van der Waals surface area (Å²) in [7, 11) is -3.19. The maximum atomic E-state index is 12.1. The van der Waals surface area contributed by atoms with E-state index < -0.39 is 10.0 Å². The van der Waals surface area contributed by atoms with Gasteiger partial charge in [-0.3, -0.25) is 9.10 Å². The summed E-state index contributed by atoms with van der Waals surface area (Å²) in [6.45, 7) is 0.506. The summed E-state index contributed by atoms with van der Waals surface area (Å²) in [6.07, 6.45) is 1.54. The molecule has 8 heteroatoms. The highest BCUT2D eigenvalue weighted by Crippen LogP contribution is 2.25. The van der Waals surface area contributed by atoms with Crippen LogP contribution < -0.4 is 15.4 Å².